The van der Waals surface area contributed by atoms with Gasteiger partial charge in [-0.05, 0) is 88.0 Å². The second kappa shape index (κ2) is 7.43. The second-order valence-electron chi connectivity index (χ2n) is 11.6. The molecule has 0 atom stereocenters. The first-order valence-electron chi connectivity index (χ1n) is 14.2. The molecule has 41 heavy (non-hydrogen) atoms. The van der Waals surface area contributed by atoms with Crippen LogP contribution in [0.1, 0.15) is 45.2 Å². The van der Waals surface area contributed by atoms with E-state index in [1.165, 1.54) is 93.9 Å². The van der Waals surface area contributed by atoms with Gasteiger partial charge in [0.05, 0.1) is 0 Å². The van der Waals surface area contributed by atoms with Gasteiger partial charge in [0.2, 0.25) is 0 Å². The van der Waals surface area contributed by atoms with Crippen LogP contribution >= 0.6 is 34.0 Å². The van der Waals surface area contributed by atoms with Gasteiger partial charge in [-0.3, -0.25) is 0 Å². The fraction of sp³-hybridized carbons (Fsp3) is 0.0526. The predicted octanol–water partition coefficient (Wildman–Crippen LogP) is 11.8. The largest absolute Gasteiger partial charge is 0.135 e. The number of hydrogen-bond acceptors (Lipinski definition) is 3. The summed E-state index contributed by atoms with van der Waals surface area (Å²) in [6.07, 6.45) is 0. The van der Waals surface area contributed by atoms with E-state index in [0.717, 1.165) is 0 Å². The minimum Gasteiger partial charge on any atom is -0.135 e. The molecule has 0 saturated heterocycles. The van der Waals surface area contributed by atoms with Gasteiger partial charge in [0.1, 0.15) is 0 Å². The zero-order valence-electron chi connectivity index (χ0n) is 21.8. The molecule has 3 aromatic heterocycles. The molecule has 3 heteroatoms. The van der Waals surface area contributed by atoms with Gasteiger partial charge >= 0.3 is 0 Å². The lowest BCUT2D eigenvalue weighted by Gasteiger charge is -2.42. The van der Waals surface area contributed by atoms with Crippen LogP contribution in [0.5, 0.6) is 0 Å². The second-order valence-corrected chi connectivity index (χ2v) is 14.8. The van der Waals surface area contributed by atoms with Gasteiger partial charge in [-0.25, -0.2) is 0 Å². The van der Waals surface area contributed by atoms with Crippen LogP contribution in [0.3, 0.4) is 0 Å². The molecule has 0 fully saturated rings. The molecule has 6 aromatic carbocycles. The molecule has 0 aliphatic heterocycles. The van der Waals surface area contributed by atoms with Crippen molar-refractivity contribution in [1.29, 1.82) is 0 Å². The Morgan fingerprint density at radius 3 is 0.927 bits per heavy atom. The lowest BCUT2D eigenvalue weighted by atomic mass is 9.60. The molecular formula is C38H20S3. The molecule has 3 aliphatic rings. The third kappa shape index (κ3) is 2.66. The highest BCUT2D eigenvalue weighted by molar-refractivity contribution is 7.26. The van der Waals surface area contributed by atoms with Crippen LogP contribution in [-0.4, -0.2) is 0 Å². The van der Waals surface area contributed by atoms with Gasteiger partial charge in [-0.1, -0.05) is 54.6 Å². The lowest BCUT2D eigenvalue weighted by molar-refractivity contribution is 0.762. The Morgan fingerprint density at radius 2 is 0.585 bits per heavy atom. The van der Waals surface area contributed by atoms with Crippen molar-refractivity contribution in [3.63, 3.8) is 0 Å². The molecule has 0 spiro atoms. The fourth-order valence-electron chi connectivity index (χ4n) is 7.92. The number of benzene rings is 6. The number of rotatable bonds is 0. The van der Waals surface area contributed by atoms with Crippen molar-refractivity contribution in [3.05, 3.63) is 143 Å². The van der Waals surface area contributed by atoms with E-state index in [1.807, 2.05) is 34.0 Å². The first kappa shape index (κ1) is 21.7. The van der Waals surface area contributed by atoms with Crippen molar-refractivity contribution < 1.29 is 0 Å². The van der Waals surface area contributed by atoms with E-state index in [-0.39, 0.29) is 11.8 Å². The molecule has 0 amide bonds. The Kier molecular flexibility index (Phi) is 3.93. The average Bonchev–Trinajstić information content (AvgIpc) is 3.68. The third-order valence-electron chi connectivity index (χ3n) is 9.61. The monoisotopic (exact) mass is 572 g/mol. The molecular weight excluding hydrogens is 553 g/mol. The summed E-state index contributed by atoms with van der Waals surface area (Å²) < 4.78 is 8.37. The van der Waals surface area contributed by atoms with Gasteiger partial charge in [0.15, 0.2) is 0 Å². The molecule has 12 rings (SSSR count). The summed E-state index contributed by atoms with van der Waals surface area (Å²) >= 11 is 5.82. The van der Waals surface area contributed by atoms with Crippen molar-refractivity contribution in [2.45, 2.75) is 11.8 Å². The Morgan fingerprint density at radius 1 is 0.293 bits per heavy atom. The van der Waals surface area contributed by atoms with Crippen LogP contribution in [0.25, 0.3) is 60.5 Å². The molecule has 3 heterocycles. The zero-order chi connectivity index (χ0) is 26.4. The maximum absolute atomic E-state index is 2.55. The van der Waals surface area contributed by atoms with Crippen molar-refractivity contribution in [2.75, 3.05) is 0 Å². The highest BCUT2D eigenvalue weighted by Crippen LogP contribution is 2.59. The zero-order valence-corrected chi connectivity index (χ0v) is 24.2. The quantitative estimate of drug-likeness (QED) is 0.170. The van der Waals surface area contributed by atoms with Crippen LogP contribution in [0, 0.1) is 0 Å². The fourth-order valence-corrected chi connectivity index (χ4v) is 11.3. The van der Waals surface area contributed by atoms with E-state index in [0.29, 0.717) is 0 Å². The van der Waals surface area contributed by atoms with E-state index in [2.05, 4.69) is 109 Å². The third-order valence-corrected chi connectivity index (χ3v) is 13.0. The summed E-state index contributed by atoms with van der Waals surface area (Å²) in [4.78, 5) is 0. The van der Waals surface area contributed by atoms with Crippen molar-refractivity contribution >= 4 is 94.5 Å². The van der Waals surface area contributed by atoms with E-state index in [4.69, 9.17) is 0 Å². The molecule has 0 unspecified atom stereocenters. The summed E-state index contributed by atoms with van der Waals surface area (Å²) in [6, 6.07) is 42.1. The lowest BCUT2D eigenvalue weighted by Crippen LogP contribution is -2.27. The van der Waals surface area contributed by atoms with Crippen LogP contribution in [0.2, 0.25) is 0 Å². The van der Waals surface area contributed by atoms with Gasteiger partial charge in [0.25, 0.3) is 0 Å². The minimum absolute atomic E-state index is 0.245. The Hall–Kier alpha value is -4.02. The summed E-state index contributed by atoms with van der Waals surface area (Å²) in [5, 5.41) is 8.37. The highest BCUT2D eigenvalue weighted by atomic mass is 32.1. The molecule has 0 radical (unpaired) electrons. The van der Waals surface area contributed by atoms with Crippen LogP contribution in [0.15, 0.2) is 109 Å². The summed E-state index contributed by atoms with van der Waals surface area (Å²) in [5.41, 5.74) is 9.04. The topological polar surface area (TPSA) is 0 Å². The van der Waals surface area contributed by atoms with Gasteiger partial charge in [-0.2, -0.15) is 0 Å². The highest BCUT2D eigenvalue weighted by Gasteiger charge is 2.42. The standard InChI is InChI=1S/C38H20S3/c1-4-10-31-19(7-1)22-13-25-28(16-34(22)39-31)38-29-17-35-23(20-8-2-5-11-32(20)40-35)14-26(29)37(25)27-15-24-21-9-3-6-12-33(21)41-36(24)18-30(27)38/h1-18,37-38H. The van der Waals surface area contributed by atoms with E-state index in [1.54, 1.807) is 0 Å². The van der Waals surface area contributed by atoms with Crippen LogP contribution < -0.4 is 0 Å². The predicted molar refractivity (Wildman–Crippen MR) is 180 cm³/mol. The van der Waals surface area contributed by atoms with Crippen molar-refractivity contribution in [1.82, 2.24) is 0 Å². The molecule has 0 N–H and O–H groups in total. The van der Waals surface area contributed by atoms with Crippen molar-refractivity contribution in [2.24, 2.45) is 0 Å². The van der Waals surface area contributed by atoms with Crippen molar-refractivity contribution in [3.8, 4) is 0 Å². The number of fused-ring (bicyclic) bond motifs is 9. The minimum atomic E-state index is 0.245. The van der Waals surface area contributed by atoms with Gasteiger partial charge in [0, 0.05) is 72.4 Å². The van der Waals surface area contributed by atoms with Crippen LogP contribution in [0.4, 0.5) is 0 Å². The Bertz CT molecular complexity index is 2320. The van der Waals surface area contributed by atoms with Gasteiger partial charge < -0.3 is 0 Å². The SMILES string of the molecule is c1ccc2c(c1)sc1cc3c(cc12)C1c2cc4c(cc2C3c2cc3sc5ccccc5c3cc21)sc1ccccc14. The Labute approximate surface area is 247 Å². The van der Waals surface area contributed by atoms with Crippen LogP contribution in [-0.2, 0) is 0 Å². The summed E-state index contributed by atoms with van der Waals surface area (Å²) in [6.45, 7) is 0. The molecule has 9 aromatic rings. The molecule has 0 nitrogen and oxygen atoms in total. The summed E-state index contributed by atoms with van der Waals surface area (Å²) in [7, 11) is 0. The Balaban J connectivity index is 1.28. The first-order chi connectivity index (χ1) is 20.3. The number of hydrogen-bond donors (Lipinski definition) is 0. The molecule has 0 saturated carbocycles. The maximum Gasteiger partial charge on any atom is 0.0358 e. The number of thiophene rings is 3. The van der Waals surface area contributed by atoms with E-state index in [9.17, 15) is 0 Å². The average molecular weight is 573 g/mol. The smallest absolute Gasteiger partial charge is 0.0358 e. The first-order valence-corrected chi connectivity index (χ1v) is 16.6. The van der Waals surface area contributed by atoms with E-state index < -0.39 is 0 Å². The molecule has 190 valence electrons. The normalized spacial score (nSPS) is 17.3. The van der Waals surface area contributed by atoms with Gasteiger partial charge in [-0.15, -0.1) is 34.0 Å². The van der Waals surface area contributed by atoms with E-state index >= 15 is 0 Å². The molecule has 3 aliphatic carbocycles. The summed E-state index contributed by atoms with van der Waals surface area (Å²) in [5.74, 6) is 0.507. The maximum atomic E-state index is 2.55. The molecule has 2 bridgehead atoms.